The van der Waals surface area contributed by atoms with Crippen molar-refractivity contribution >= 4 is 22.7 Å². The molecule has 0 saturated heterocycles. The van der Waals surface area contributed by atoms with E-state index in [0.29, 0.717) is 19.5 Å². The summed E-state index contributed by atoms with van der Waals surface area (Å²) in [7, 11) is 0. The van der Waals surface area contributed by atoms with Gasteiger partial charge in [-0.2, -0.15) is 0 Å². The molecule has 7 nitrogen and oxygen atoms in total. The minimum absolute atomic E-state index is 0.108. The molecule has 0 aliphatic carbocycles. The van der Waals surface area contributed by atoms with Gasteiger partial charge in [0.05, 0.1) is 6.54 Å². The Bertz CT molecular complexity index is 1210. The SMILES string of the molecule is O=C(CNCc1cccnc1)N[C@H](Cc1c[nH]c2ccccc12)C(=O)NCCc1ccccc1. The Morgan fingerprint density at radius 1 is 0.941 bits per heavy atom. The van der Waals surface area contributed by atoms with Crippen molar-refractivity contribution in [3.05, 3.63) is 102 Å². The van der Waals surface area contributed by atoms with Crippen molar-refractivity contribution in [1.82, 2.24) is 25.9 Å². The number of fused-ring (bicyclic) bond motifs is 1. The number of hydrogen-bond donors (Lipinski definition) is 4. The van der Waals surface area contributed by atoms with E-state index in [2.05, 4.69) is 25.9 Å². The largest absolute Gasteiger partial charge is 0.361 e. The van der Waals surface area contributed by atoms with Crippen molar-refractivity contribution in [2.24, 2.45) is 0 Å². The first-order valence-electron chi connectivity index (χ1n) is 11.4. The highest BCUT2D eigenvalue weighted by molar-refractivity contribution is 5.90. The molecule has 2 aromatic carbocycles. The summed E-state index contributed by atoms with van der Waals surface area (Å²) in [5.74, 6) is -0.422. The van der Waals surface area contributed by atoms with Gasteiger partial charge < -0.3 is 20.9 Å². The number of benzene rings is 2. The zero-order valence-corrected chi connectivity index (χ0v) is 19.0. The highest BCUT2D eigenvalue weighted by atomic mass is 16.2. The van der Waals surface area contributed by atoms with Crippen LogP contribution in [0.5, 0.6) is 0 Å². The molecular formula is C27H29N5O2. The predicted molar refractivity (Wildman–Crippen MR) is 133 cm³/mol. The van der Waals surface area contributed by atoms with Crippen LogP contribution in [0.3, 0.4) is 0 Å². The van der Waals surface area contributed by atoms with Crippen LogP contribution in [-0.4, -0.2) is 40.9 Å². The van der Waals surface area contributed by atoms with Crippen LogP contribution >= 0.6 is 0 Å². The summed E-state index contributed by atoms with van der Waals surface area (Å²) in [6, 6.07) is 21.1. The lowest BCUT2D eigenvalue weighted by molar-refractivity contribution is -0.128. The molecule has 0 aliphatic heterocycles. The third-order valence-corrected chi connectivity index (χ3v) is 5.64. The van der Waals surface area contributed by atoms with Gasteiger partial charge in [-0.1, -0.05) is 54.6 Å². The maximum atomic E-state index is 13.1. The first-order valence-corrected chi connectivity index (χ1v) is 11.4. The van der Waals surface area contributed by atoms with E-state index in [1.54, 1.807) is 12.4 Å². The molecule has 0 saturated carbocycles. The topological polar surface area (TPSA) is 98.9 Å². The van der Waals surface area contributed by atoms with E-state index in [1.165, 1.54) is 0 Å². The summed E-state index contributed by atoms with van der Waals surface area (Å²) in [6.45, 7) is 1.14. The van der Waals surface area contributed by atoms with E-state index in [1.807, 2.05) is 72.9 Å². The van der Waals surface area contributed by atoms with Crippen LogP contribution in [0.4, 0.5) is 0 Å². The second-order valence-corrected chi connectivity index (χ2v) is 8.18. The highest BCUT2D eigenvalue weighted by Crippen LogP contribution is 2.19. The average Bonchev–Trinajstić information content (AvgIpc) is 3.28. The Hall–Kier alpha value is -3.97. The average molecular weight is 456 g/mol. The Balaban J connectivity index is 1.37. The molecule has 0 aliphatic rings. The third kappa shape index (κ3) is 6.52. The van der Waals surface area contributed by atoms with Crippen molar-refractivity contribution in [1.29, 1.82) is 0 Å². The molecule has 4 N–H and O–H groups in total. The maximum Gasteiger partial charge on any atom is 0.242 e. The molecule has 0 radical (unpaired) electrons. The quantitative estimate of drug-likeness (QED) is 0.279. The summed E-state index contributed by atoms with van der Waals surface area (Å²) in [5, 5.41) is 10.1. The van der Waals surface area contributed by atoms with Crippen molar-refractivity contribution in [3.63, 3.8) is 0 Å². The standard InChI is InChI=1S/C27H29N5O2/c33-26(19-29-17-21-9-6-13-28-16-21)32-25(15-22-18-31-24-11-5-4-10-23(22)24)27(34)30-14-12-20-7-2-1-3-8-20/h1-11,13,16,18,25,29,31H,12,14-15,17,19H2,(H,30,34)(H,32,33)/t25-/m1/s1. The van der Waals surface area contributed by atoms with Gasteiger partial charge in [0.2, 0.25) is 11.8 Å². The molecule has 2 aromatic heterocycles. The molecule has 0 bridgehead atoms. The Morgan fingerprint density at radius 2 is 1.74 bits per heavy atom. The van der Waals surface area contributed by atoms with Crippen LogP contribution in [0, 0.1) is 0 Å². The second kappa shape index (κ2) is 11.8. The predicted octanol–water partition coefficient (Wildman–Crippen LogP) is 2.74. The van der Waals surface area contributed by atoms with Crippen LogP contribution in [0.15, 0.2) is 85.3 Å². The van der Waals surface area contributed by atoms with E-state index in [0.717, 1.165) is 34.0 Å². The first kappa shape index (κ1) is 23.2. The smallest absolute Gasteiger partial charge is 0.242 e. The van der Waals surface area contributed by atoms with Gasteiger partial charge >= 0.3 is 0 Å². The van der Waals surface area contributed by atoms with Crippen molar-refractivity contribution < 1.29 is 9.59 Å². The summed E-state index contributed by atoms with van der Waals surface area (Å²) >= 11 is 0. The van der Waals surface area contributed by atoms with Gasteiger partial charge in [0.1, 0.15) is 6.04 Å². The van der Waals surface area contributed by atoms with Crippen molar-refractivity contribution in [3.8, 4) is 0 Å². The van der Waals surface area contributed by atoms with Crippen LogP contribution in [-0.2, 0) is 29.0 Å². The summed E-state index contributed by atoms with van der Waals surface area (Å²) < 4.78 is 0. The number of carbonyl (C=O) groups is 2. The second-order valence-electron chi connectivity index (χ2n) is 8.18. The number of para-hydroxylation sites is 1. The van der Waals surface area contributed by atoms with E-state index in [-0.39, 0.29) is 18.4 Å². The van der Waals surface area contributed by atoms with E-state index >= 15 is 0 Å². The number of pyridine rings is 1. The van der Waals surface area contributed by atoms with E-state index in [4.69, 9.17) is 0 Å². The molecule has 174 valence electrons. The lowest BCUT2D eigenvalue weighted by atomic mass is 10.0. The van der Waals surface area contributed by atoms with Gasteiger partial charge in [-0.25, -0.2) is 0 Å². The van der Waals surface area contributed by atoms with Crippen LogP contribution < -0.4 is 16.0 Å². The number of aromatic amines is 1. The fourth-order valence-corrected chi connectivity index (χ4v) is 3.90. The fraction of sp³-hybridized carbons (Fsp3) is 0.222. The monoisotopic (exact) mass is 455 g/mol. The molecule has 0 unspecified atom stereocenters. The summed E-state index contributed by atoms with van der Waals surface area (Å²) in [4.78, 5) is 33.0. The van der Waals surface area contributed by atoms with Gasteiger partial charge in [0.25, 0.3) is 0 Å². The molecule has 1 atom stereocenters. The van der Waals surface area contributed by atoms with Crippen molar-refractivity contribution in [2.75, 3.05) is 13.1 Å². The number of rotatable bonds is 11. The summed E-state index contributed by atoms with van der Waals surface area (Å²) in [5.41, 5.74) is 4.14. The first-order chi connectivity index (χ1) is 16.7. The molecule has 34 heavy (non-hydrogen) atoms. The van der Waals surface area contributed by atoms with Crippen LogP contribution in [0.2, 0.25) is 0 Å². The molecule has 2 heterocycles. The molecule has 2 amide bonds. The van der Waals surface area contributed by atoms with Gasteiger partial charge in [0, 0.05) is 49.0 Å². The Kier molecular flexibility index (Phi) is 8.03. The normalized spacial score (nSPS) is 11.8. The number of nitrogens with zero attached hydrogens (tertiary/aromatic N) is 1. The van der Waals surface area contributed by atoms with Crippen molar-refractivity contribution in [2.45, 2.75) is 25.4 Å². The highest BCUT2D eigenvalue weighted by Gasteiger charge is 2.22. The summed E-state index contributed by atoms with van der Waals surface area (Å²) in [6.07, 6.45) is 6.50. The molecule has 4 aromatic rings. The molecule has 0 spiro atoms. The number of amides is 2. The zero-order chi connectivity index (χ0) is 23.6. The number of aromatic nitrogens is 2. The van der Waals surface area contributed by atoms with Gasteiger partial charge in [0.15, 0.2) is 0 Å². The number of nitrogens with one attached hydrogen (secondary N) is 4. The lowest BCUT2D eigenvalue weighted by Crippen LogP contribution is -2.50. The third-order valence-electron chi connectivity index (χ3n) is 5.64. The lowest BCUT2D eigenvalue weighted by Gasteiger charge is -2.19. The van der Waals surface area contributed by atoms with Crippen LogP contribution in [0.1, 0.15) is 16.7 Å². The van der Waals surface area contributed by atoms with Gasteiger partial charge in [-0.05, 0) is 35.2 Å². The fourth-order valence-electron chi connectivity index (χ4n) is 3.90. The van der Waals surface area contributed by atoms with E-state index in [9.17, 15) is 9.59 Å². The number of carbonyl (C=O) groups excluding carboxylic acids is 2. The molecular weight excluding hydrogens is 426 g/mol. The molecule has 4 rings (SSSR count). The van der Waals surface area contributed by atoms with Gasteiger partial charge in [-0.3, -0.25) is 14.6 Å². The molecule has 7 heteroatoms. The van der Waals surface area contributed by atoms with Gasteiger partial charge in [-0.15, -0.1) is 0 Å². The van der Waals surface area contributed by atoms with E-state index < -0.39 is 6.04 Å². The minimum atomic E-state index is -0.678. The minimum Gasteiger partial charge on any atom is -0.361 e. The maximum absolute atomic E-state index is 13.1. The Morgan fingerprint density at radius 3 is 2.56 bits per heavy atom. The Labute approximate surface area is 199 Å². The molecule has 0 fully saturated rings. The zero-order valence-electron chi connectivity index (χ0n) is 19.0. The number of H-pyrrole nitrogens is 1. The van der Waals surface area contributed by atoms with Crippen LogP contribution in [0.25, 0.3) is 10.9 Å². The number of hydrogen-bond acceptors (Lipinski definition) is 4.